The number of hydrogen-bond acceptors (Lipinski definition) is 5. The molecule has 0 N–H and O–H groups in total. The van der Waals surface area contributed by atoms with Gasteiger partial charge in [0.1, 0.15) is 0 Å². The highest BCUT2D eigenvalue weighted by molar-refractivity contribution is 5.99. The van der Waals surface area contributed by atoms with Crippen LogP contribution in [-0.2, 0) is 29.5 Å². The predicted molar refractivity (Wildman–Crippen MR) is 150 cm³/mol. The quantitative estimate of drug-likeness (QED) is 0.350. The van der Waals surface area contributed by atoms with E-state index in [1.807, 2.05) is 31.3 Å². The molecule has 0 spiro atoms. The van der Waals surface area contributed by atoms with Gasteiger partial charge in [-0.1, -0.05) is 24.3 Å². The molecule has 1 saturated heterocycles. The van der Waals surface area contributed by atoms with E-state index in [0.29, 0.717) is 12.6 Å². The molecular weight excluding hydrogens is 476 g/mol. The van der Waals surface area contributed by atoms with Crippen molar-refractivity contribution in [1.29, 1.82) is 0 Å². The van der Waals surface area contributed by atoms with E-state index >= 15 is 0 Å². The van der Waals surface area contributed by atoms with E-state index in [-0.39, 0.29) is 5.91 Å². The number of allylic oxidation sites excluding steroid dienone is 1. The monoisotopic (exact) mass is 512 g/mol. The van der Waals surface area contributed by atoms with Crippen LogP contribution in [0.5, 0.6) is 0 Å². The number of nitrogens with zero attached hydrogens (tertiary/aromatic N) is 6. The van der Waals surface area contributed by atoms with Crippen molar-refractivity contribution in [2.45, 2.75) is 52.6 Å². The second-order valence-corrected chi connectivity index (χ2v) is 10.1. The Morgan fingerprint density at radius 1 is 1.24 bits per heavy atom. The minimum atomic E-state index is 0.109. The van der Waals surface area contributed by atoms with Gasteiger partial charge in [-0.05, 0) is 38.1 Å². The summed E-state index contributed by atoms with van der Waals surface area (Å²) in [5, 5.41) is 11.8. The number of aromatic nitrogens is 5. The number of hydrogen-bond donors (Lipinski definition) is 0. The fourth-order valence-corrected chi connectivity index (χ4v) is 5.57. The van der Waals surface area contributed by atoms with Gasteiger partial charge >= 0.3 is 0 Å². The number of carbonyl (C=O) groups is 1. The molecule has 198 valence electrons. The fraction of sp³-hybridized carbons (Fsp3) is 0.400. The van der Waals surface area contributed by atoms with Gasteiger partial charge in [0.25, 0.3) is 0 Å². The second kappa shape index (κ2) is 10.9. The molecule has 0 saturated carbocycles. The molecule has 1 amide bonds. The first-order valence-electron chi connectivity index (χ1n) is 13.3. The van der Waals surface area contributed by atoms with E-state index < -0.39 is 0 Å². The molecule has 0 atom stereocenters. The lowest BCUT2D eigenvalue weighted by Gasteiger charge is -2.29. The highest BCUT2D eigenvalue weighted by Gasteiger charge is 2.30. The Morgan fingerprint density at radius 2 is 2.00 bits per heavy atom. The molecule has 0 radical (unpaired) electrons. The van der Waals surface area contributed by atoms with Gasteiger partial charge < -0.3 is 9.64 Å². The summed E-state index contributed by atoms with van der Waals surface area (Å²) in [6.07, 6.45) is 8.34. The smallest absolute Gasteiger partial charge is 0.219 e. The standard InChI is InChI=1S/C27H30N6O2.C3H6/c1-17-26-19(13-24(29-17)20-14-28-31(3)15-20)5-4-6-22(26)27-23-16-32(18(2)34)10-7-25(23)33(30-27)21-8-11-35-12-9-21;1-3-2/h4-6,13-15,21H,7-12,16H2,1-3H3;3H,1H2,2H3. The number of aryl methyl sites for hydroxylation is 2. The van der Waals surface area contributed by atoms with Crippen LogP contribution in [0.25, 0.3) is 33.3 Å². The molecule has 4 aromatic rings. The van der Waals surface area contributed by atoms with Gasteiger partial charge in [0.15, 0.2) is 0 Å². The van der Waals surface area contributed by atoms with Crippen molar-refractivity contribution in [2.75, 3.05) is 19.8 Å². The lowest BCUT2D eigenvalue weighted by molar-refractivity contribution is -0.129. The number of rotatable bonds is 3. The summed E-state index contributed by atoms with van der Waals surface area (Å²) in [6, 6.07) is 8.84. The van der Waals surface area contributed by atoms with Crippen LogP contribution >= 0.6 is 0 Å². The number of carbonyl (C=O) groups excluding carboxylic acids is 1. The van der Waals surface area contributed by atoms with E-state index in [1.165, 1.54) is 11.3 Å². The van der Waals surface area contributed by atoms with Crippen LogP contribution in [-0.4, -0.2) is 55.1 Å². The highest BCUT2D eigenvalue weighted by atomic mass is 16.5. The van der Waals surface area contributed by atoms with Crippen molar-refractivity contribution < 1.29 is 9.53 Å². The predicted octanol–water partition coefficient (Wildman–Crippen LogP) is 5.26. The van der Waals surface area contributed by atoms with Gasteiger partial charge in [0.05, 0.1) is 23.6 Å². The molecule has 6 rings (SSSR count). The van der Waals surface area contributed by atoms with Crippen LogP contribution < -0.4 is 0 Å². The van der Waals surface area contributed by atoms with Crippen molar-refractivity contribution in [1.82, 2.24) is 29.4 Å². The number of pyridine rings is 1. The molecule has 0 unspecified atom stereocenters. The summed E-state index contributed by atoms with van der Waals surface area (Å²) >= 11 is 0. The van der Waals surface area contributed by atoms with Gasteiger partial charge in [-0.3, -0.25) is 19.1 Å². The zero-order valence-electron chi connectivity index (χ0n) is 22.8. The molecule has 0 aliphatic carbocycles. The Kier molecular flexibility index (Phi) is 7.42. The largest absolute Gasteiger partial charge is 0.381 e. The molecule has 8 heteroatoms. The fourth-order valence-electron chi connectivity index (χ4n) is 5.57. The summed E-state index contributed by atoms with van der Waals surface area (Å²) in [5.74, 6) is 0.109. The van der Waals surface area contributed by atoms with Crippen molar-refractivity contribution in [3.8, 4) is 22.5 Å². The van der Waals surface area contributed by atoms with Crippen molar-refractivity contribution in [2.24, 2.45) is 7.05 Å². The van der Waals surface area contributed by atoms with E-state index in [9.17, 15) is 4.79 Å². The maximum Gasteiger partial charge on any atom is 0.219 e. The Labute approximate surface area is 223 Å². The first-order chi connectivity index (χ1) is 18.4. The van der Waals surface area contributed by atoms with Crippen molar-refractivity contribution in [3.05, 3.63) is 66.3 Å². The van der Waals surface area contributed by atoms with E-state index in [0.717, 1.165) is 78.0 Å². The third kappa shape index (κ3) is 4.88. The van der Waals surface area contributed by atoms with Gasteiger partial charge in [-0.25, -0.2) is 0 Å². The van der Waals surface area contributed by atoms with Crippen molar-refractivity contribution in [3.63, 3.8) is 0 Å². The van der Waals surface area contributed by atoms with Crippen LogP contribution in [0.1, 0.15) is 49.7 Å². The molecule has 38 heavy (non-hydrogen) atoms. The van der Waals surface area contributed by atoms with Crippen LogP contribution in [0.2, 0.25) is 0 Å². The third-order valence-corrected chi connectivity index (χ3v) is 7.36. The lowest BCUT2D eigenvalue weighted by atomic mass is 9.95. The molecule has 2 aliphatic heterocycles. The number of benzene rings is 1. The average Bonchev–Trinajstić information content (AvgIpc) is 3.52. The molecular formula is C30H36N6O2. The van der Waals surface area contributed by atoms with E-state index in [2.05, 4.69) is 47.5 Å². The molecule has 1 fully saturated rings. The maximum atomic E-state index is 12.3. The first-order valence-corrected chi connectivity index (χ1v) is 13.3. The van der Waals surface area contributed by atoms with Crippen LogP contribution in [0.4, 0.5) is 0 Å². The Morgan fingerprint density at radius 3 is 2.68 bits per heavy atom. The normalized spacial score (nSPS) is 15.6. The van der Waals surface area contributed by atoms with Crippen LogP contribution in [0.15, 0.2) is 49.3 Å². The SMILES string of the molecule is C=CC.CC(=O)N1CCc2c(c(-c3cccc4cc(-c5cnn(C)c5)nc(C)c34)nn2C2CCOCC2)C1. The summed E-state index contributed by atoms with van der Waals surface area (Å²) in [6.45, 7) is 11.8. The maximum absolute atomic E-state index is 12.3. The number of amides is 1. The summed E-state index contributed by atoms with van der Waals surface area (Å²) in [5.41, 5.74) is 7.37. The molecule has 8 nitrogen and oxygen atoms in total. The summed E-state index contributed by atoms with van der Waals surface area (Å²) < 4.78 is 9.66. The first kappa shape index (κ1) is 25.9. The van der Waals surface area contributed by atoms with Crippen molar-refractivity contribution >= 4 is 16.7 Å². The summed E-state index contributed by atoms with van der Waals surface area (Å²) in [4.78, 5) is 19.2. The Balaban J connectivity index is 0.000000937. The second-order valence-electron chi connectivity index (χ2n) is 10.1. The van der Waals surface area contributed by atoms with Crippen LogP contribution in [0, 0.1) is 6.92 Å². The highest BCUT2D eigenvalue weighted by Crippen LogP contribution is 2.38. The van der Waals surface area contributed by atoms with Gasteiger partial charge in [0.2, 0.25) is 5.91 Å². The zero-order valence-corrected chi connectivity index (χ0v) is 22.8. The van der Waals surface area contributed by atoms with Gasteiger partial charge in [-0.2, -0.15) is 10.2 Å². The lowest BCUT2D eigenvalue weighted by Crippen LogP contribution is -2.35. The van der Waals surface area contributed by atoms with Gasteiger partial charge in [0, 0.05) is 86.4 Å². The third-order valence-electron chi connectivity index (χ3n) is 7.36. The molecule has 1 aromatic carbocycles. The minimum absolute atomic E-state index is 0.109. The molecule has 0 bridgehead atoms. The molecule has 3 aromatic heterocycles. The zero-order chi connectivity index (χ0) is 26.8. The molecule has 5 heterocycles. The Hall–Kier alpha value is -3.78. The molecule has 2 aliphatic rings. The summed E-state index contributed by atoms with van der Waals surface area (Å²) in [7, 11) is 1.91. The minimum Gasteiger partial charge on any atom is -0.381 e. The topological polar surface area (TPSA) is 78.1 Å². The van der Waals surface area contributed by atoms with E-state index in [1.54, 1.807) is 17.7 Å². The number of fused-ring (bicyclic) bond motifs is 2. The van der Waals surface area contributed by atoms with Gasteiger partial charge in [-0.15, -0.1) is 6.58 Å². The van der Waals surface area contributed by atoms with Crippen LogP contribution in [0.3, 0.4) is 0 Å². The Bertz CT molecular complexity index is 1480. The number of ether oxygens (including phenoxy) is 1. The average molecular weight is 513 g/mol. The van der Waals surface area contributed by atoms with E-state index in [4.69, 9.17) is 14.8 Å².